The van der Waals surface area contributed by atoms with Gasteiger partial charge in [0.25, 0.3) is 0 Å². The van der Waals surface area contributed by atoms with Gasteiger partial charge in [0.15, 0.2) is 0 Å². The van der Waals surface area contributed by atoms with Crippen LogP contribution in [-0.4, -0.2) is 36.9 Å². The molecule has 1 aromatic carbocycles. The summed E-state index contributed by atoms with van der Waals surface area (Å²) in [4.78, 5) is 22.2. The molecule has 2 amide bonds. The summed E-state index contributed by atoms with van der Waals surface area (Å²) in [7, 11) is 1.37. The van der Waals surface area contributed by atoms with Crippen molar-refractivity contribution in [3.63, 3.8) is 0 Å². The number of nitrogens with zero attached hydrogens (tertiary/aromatic N) is 1. The number of carboxylic acid groups (broad SMARTS) is 1. The SMILES string of the molecule is COC(CNC(=O)Nc1ccc(C#N)cc1Cl)CC(=O)O. The van der Waals surface area contributed by atoms with Crippen molar-refractivity contribution >= 4 is 29.3 Å². The van der Waals surface area contributed by atoms with E-state index in [0.717, 1.165) is 0 Å². The monoisotopic (exact) mass is 311 g/mol. The Bertz CT molecular complexity index is 571. The highest BCUT2D eigenvalue weighted by atomic mass is 35.5. The average Bonchev–Trinajstić information content (AvgIpc) is 2.45. The van der Waals surface area contributed by atoms with Crippen LogP contribution >= 0.6 is 11.6 Å². The molecule has 3 N–H and O–H groups in total. The number of nitrogens with one attached hydrogen (secondary N) is 2. The topological polar surface area (TPSA) is 111 Å². The van der Waals surface area contributed by atoms with E-state index in [1.54, 1.807) is 0 Å². The highest BCUT2D eigenvalue weighted by Gasteiger charge is 2.14. The molecule has 0 fully saturated rings. The molecule has 1 rings (SSSR count). The van der Waals surface area contributed by atoms with Gasteiger partial charge in [-0.1, -0.05) is 11.6 Å². The molecule has 0 saturated heterocycles. The molecule has 1 unspecified atom stereocenters. The van der Waals surface area contributed by atoms with E-state index in [1.807, 2.05) is 6.07 Å². The first-order valence-corrected chi connectivity index (χ1v) is 6.33. The lowest BCUT2D eigenvalue weighted by molar-refractivity contribution is -0.139. The Balaban J connectivity index is 2.54. The van der Waals surface area contributed by atoms with Crippen molar-refractivity contribution in [2.24, 2.45) is 0 Å². The summed E-state index contributed by atoms with van der Waals surface area (Å²) < 4.78 is 4.93. The molecule has 21 heavy (non-hydrogen) atoms. The van der Waals surface area contributed by atoms with Crippen LogP contribution in [0.3, 0.4) is 0 Å². The molecule has 0 heterocycles. The number of rotatable bonds is 6. The third-order valence-electron chi connectivity index (χ3n) is 2.57. The van der Waals surface area contributed by atoms with Crippen molar-refractivity contribution < 1.29 is 19.4 Å². The lowest BCUT2D eigenvalue weighted by atomic mass is 10.2. The van der Waals surface area contributed by atoms with Crippen LogP contribution in [0.15, 0.2) is 18.2 Å². The number of urea groups is 1. The summed E-state index contributed by atoms with van der Waals surface area (Å²) >= 11 is 5.92. The first-order valence-electron chi connectivity index (χ1n) is 5.95. The Morgan fingerprint density at radius 3 is 2.76 bits per heavy atom. The zero-order valence-electron chi connectivity index (χ0n) is 11.2. The molecule has 0 radical (unpaired) electrons. The number of anilines is 1. The van der Waals surface area contributed by atoms with Gasteiger partial charge in [0.2, 0.25) is 0 Å². The second-order valence-electron chi connectivity index (χ2n) is 4.10. The first-order chi connectivity index (χ1) is 9.96. The van der Waals surface area contributed by atoms with Crippen molar-refractivity contribution in [2.75, 3.05) is 19.0 Å². The van der Waals surface area contributed by atoms with Crippen LogP contribution in [0.1, 0.15) is 12.0 Å². The van der Waals surface area contributed by atoms with E-state index in [-0.39, 0.29) is 18.0 Å². The summed E-state index contributed by atoms with van der Waals surface area (Å²) in [5.41, 5.74) is 0.729. The minimum absolute atomic E-state index is 0.0442. The van der Waals surface area contributed by atoms with E-state index in [2.05, 4.69) is 10.6 Å². The summed E-state index contributed by atoms with van der Waals surface area (Å²) in [5, 5.41) is 22.6. The zero-order chi connectivity index (χ0) is 15.8. The molecule has 0 saturated carbocycles. The van der Waals surface area contributed by atoms with E-state index in [9.17, 15) is 9.59 Å². The Labute approximate surface area is 126 Å². The Hall–Kier alpha value is -2.30. The maximum absolute atomic E-state index is 11.7. The van der Waals surface area contributed by atoms with Gasteiger partial charge < -0.3 is 20.5 Å². The summed E-state index contributed by atoms with van der Waals surface area (Å²) in [6.07, 6.45) is -0.835. The van der Waals surface area contributed by atoms with Gasteiger partial charge >= 0.3 is 12.0 Å². The van der Waals surface area contributed by atoms with Crippen LogP contribution in [0.25, 0.3) is 0 Å². The number of ether oxygens (including phenoxy) is 1. The largest absolute Gasteiger partial charge is 0.481 e. The van der Waals surface area contributed by atoms with Gasteiger partial charge in [-0.2, -0.15) is 5.26 Å². The highest BCUT2D eigenvalue weighted by Crippen LogP contribution is 2.22. The molecule has 0 bridgehead atoms. The number of carbonyl (C=O) groups is 2. The number of carbonyl (C=O) groups excluding carboxylic acids is 1. The van der Waals surface area contributed by atoms with Gasteiger partial charge in [0, 0.05) is 13.7 Å². The van der Waals surface area contributed by atoms with E-state index in [0.29, 0.717) is 11.3 Å². The minimum Gasteiger partial charge on any atom is -0.481 e. The van der Waals surface area contributed by atoms with E-state index in [4.69, 9.17) is 26.7 Å². The number of carboxylic acids is 1. The number of halogens is 1. The predicted octanol–water partition coefficient (Wildman–Crippen LogP) is 1.82. The van der Waals surface area contributed by atoms with E-state index < -0.39 is 18.1 Å². The molecule has 1 aromatic rings. The van der Waals surface area contributed by atoms with Crippen LogP contribution in [0.5, 0.6) is 0 Å². The van der Waals surface area contributed by atoms with Gasteiger partial charge in [-0.05, 0) is 18.2 Å². The van der Waals surface area contributed by atoms with Gasteiger partial charge in [-0.15, -0.1) is 0 Å². The molecule has 0 aliphatic carbocycles. The van der Waals surface area contributed by atoms with E-state index in [1.165, 1.54) is 25.3 Å². The van der Waals surface area contributed by atoms with Crippen LogP contribution in [0, 0.1) is 11.3 Å². The predicted molar refractivity (Wildman–Crippen MR) is 76.2 cm³/mol. The molecule has 0 spiro atoms. The lowest BCUT2D eigenvalue weighted by Gasteiger charge is -2.14. The van der Waals surface area contributed by atoms with Crippen LogP contribution in [0.2, 0.25) is 5.02 Å². The third-order valence-corrected chi connectivity index (χ3v) is 2.89. The number of benzene rings is 1. The van der Waals surface area contributed by atoms with Gasteiger partial charge in [0.05, 0.1) is 34.9 Å². The van der Waals surface area contributed by atoms with Crippen molar-refractivity contribution in [2.45, 2.75) is 12.5 Å². The number of nitriles is 1. The smallest absolute Gasteiger partial charge is 0.319 e. The number of aliphatic carboxylic acids is 1. The summed E-state index contributed by atoms with van der Waals surface area (Å²) in [6, 6.07) is 5.84. The number of hydrogen-bond donors (Lipinski definition) is 3. The molecule has 0 aliphatic rings. The van der Waals surface area contributed by atoms with E-state index >= 15 is 0 Å². The number of hydrogen-bond acceptors (Lipinski definition) is 4. The van der Waals surface area contributed by atoms with Gasteiger partial charge in [-0.25, -0.2) is 4.79 Å². The molecule has 112 valence electrons. The summed E-state index contributed by atoms with van der Waals surface area (Å²) in [6.45, 7) is 0.0442. The van der Waals surface area contributed by atoms with Crippen molar-refractivity contribution in [1.82, 2.24) is 5.32 Å². The fourth-order valence-corrected chi connectivity index (χ4v) is 1.72. The Morgan fingerprint density at radius 1 is 1.52 bits per heavy atom. The Kier molecular flexibility index (Phi) is 6.46. The Morgan fingerprint density at radius 2 is 2.24 bits per heavy atom. The number of amides is 2. The third kappa shape index (κ3) is 5.69. The molecule has 7 nitrogen and oxygen atoms in total. The molecular formula is C13H14ClN3O4. The maximum atomic E-state index is 11.7. The van der Waals surface area contributed by atoms with Crippen molar-refractivity contribution in [3.8, 4) is 6.07 Å². The van der Waals surface area contributed by atoms with Gasteiger partial charge in [-0.3, -0.25) is 4.79 Å². The minimum atomic E-state index is -1.01. The molecule has 0 aromatic heterocycles. The van der Waals surface area contributed by atoms with Crippen LogP contribution in [-0.2, 0) is 9.53 Å². The van der Waals surface area contributed by atoms with Crippen molar-refractivity contribution in [3.05, 3.63) is 28.8 Å². The normalized spacial score (nSPS) is 11.3. The molecule has 0 aliphatic heterocycles. The highest BCUT2D eigenvalue weighted by molar-refractivity contribution is 6.33. The molecule has 1 atom stereocenters. The quantitative estimate of drug-likeness (QED) is 0.742. The maximum Gasteiger partial charge on any atom is 0.319 e. The fourth-order valence-electron chi connectivity index (χ4n) is 1.49. The second-order valence-corrected chi connectivity index (χ2v) is 4.50. The first kappa shape index (κ1) is 16.8. The van der Waals surface area contributed by atoms with Crippen LogP contribution in [0.4, 0.5) is 10.5 Å². The van der Waals surface area contributed by atoms with Crippen molar-refractivity contribution in [1.29, 1.82) is 5.26 Å². The standard InChI is InChI=1S/C13H14ClN3O4/c1-21-9(5-12(18)19)7-16-13(20)17-11-3-2-8(6-15)4-10(11)14/h2-4,9H,5,7H2,1H3,(H,18,19)(H2,16,17,20). The summed E-state index contributed by atoms with van der Waals surface area (Å²) in [5.74, 6) is -1.01. The molecule has 8 heteroatoms. The number of methoxy groups -OCH3 is 1. The second kappa shape index (κ2) is 8.09. The fraction of sp³-hybridized carbons (Fsp3) is 0.308. The average molecular weight is 312 g/mol. The zero-order valence-corrected chi connectivity index (χ0v) is 12.0. The van der Waals surface area contributed by atoms with Crippen LogP contribution < -0.4 is 10.6 Å². The molecular weight excluding hydrogens is 298 g/mol. The van der Waals surface area contributed by atoms with Gasteiger partial charge in [0.1, 0.15) is 0 Å². The lowest BCUT2D eigenvalue weighted by Crippen LogP contribution is -2.37.